The molecule has 0 fully saturated rings. The van der Waals surface area contributed by atoms with E-state index < -0.39 is 23.3 Å². The monoisotopic (exact) mass is 293 g/mol. The number of halogens is 2. The van der Waals surface area contributed by atoms with Crippen LogP contribution in [0.4, 0.5) is 14.5 Å². The van der Waals surface area contributed by atoms with Gasteiger partial charge in [0.15, 0.2) is 0 Å². The zero-order chi connectivity index (χ0) is 14.3. The number of carbonyl (C=O) groups is 2. The summed E-state index contributed by atoms with van der Waals surface area (Å²) in [6.07, 6.45) is 0.528. The Bertz CT molecular complexity index is 697. The molecule has 0 atom stereocenters. The molecule has 0 unspecified atom stereocenters. The lowest BCUT2D eigenvalue weighted by atomic mass is 10.1. The molecule has 102 valence electrons. The van der Waals surface area contributed by atoms with Gasteiger partial charge in [0.1, 0.15) is 11.6 Å². The normalized spacial score (nSPS) is 14.0. The molecule has 2 aromatic rings. The van der Waals surface area contributed by atoms with E-state index in [-0.39, 0.29) is 17.8 Å². The van der Waals surface area contributed by atoms with E-state index in [9.17, 15) is 18.4 Å². The van der Waals surface area contributed by atoms with Crippen molar-refractivity contribution in [3.8, 4) is 0 Å². The van der Waals surface area contributed by atoms with Crippen LogP contribution in [0.2, 0.25) is 0 Å². The molecule has 2 heterocycles. The van der Waals surface area contributed by atoms with Gasteiger partial charge in [0.2, 0.25) is 0 Å². The predicted octanol–water partition coefficient (Wildman–Crippen LogP) is 2.80. The lowest BCUT2D eigenvalue weighted by molar-refractivity contribution is -0.114. The molecule has 1 aromatic heterocycles. The summed E-state index contributed by atoms with van der Waals surface area (Å²) in [5.41, 5.74) is 0.704. The van der Waals surface area contributed by atoms with E-state index in [0.29, 0.717) is 12.5 Å². The highest BCUT2D eigenvalue weighted by molar-refractivity contribution is 7.07. The van der Waals surface area contributed by atoms with Crippen LogP contribution in [0, 0.1) is 11.6 Å². The SMILES string of the molecule is O=C1C(=O)N(CCc2ccsc2)c2cc(F)cc(F)c21. The number of ketones is 1. The first-order valence-electron chi connectivity index (χ1n) is 5.94. The number of hydrogen-bond donors (Lipinski definition) is 0. The van der Waals surface area contributed by atoms with E-state index in [4.69, 9.17) is 0 Å². The standard InChI is InChI=1S/C14H9F2NO2S/c15-9-5-10(16)12-11(6-9)17(14(19)13(12)18)3-1-8-2-4-20-7-8/h2,4-7H,1,3H2. The Balaban J connectivity index is 1.93. The number of rotatable bonds is 3. The molecule has 0 N–H and O–H groups in total. The van der Waals surface area contributed by atoms with Crippen molar-refractivity contribution in [1.29, 1.82) is 0 Å². The Morgan fingerprint density at radius 1 is 1.20 bits per heavy atom. The molecule has 0 bridgehead atoms. The molecule has 1 aliphatic heterocycles. The molecule has 0 aliphatic carbocycles. The van der Waals surface area contributed by atoms with Crippen LogP contribution in [0.25, 0.3) is 0 Å². The summed E-state index contributed by atoms with van der Waals surface area (Å²) in [5.74, 6) is -3.51. The molecule has 1 aromatic carbocycles. The first kappa shape index (κ1) is 12.9. The summed E-state index contributed by atoms with van der Waals surface area (Å²) in [6, 6.07) is 3.54. The highest BCUT2D eigenvalue weighted by Crippen LogP contribution is 2.32. The average molecular weight is 293 g/mol. The van der Waals surface area contributed by atoms with Crippen LogP contribution >= 0.6 is 11.3 Å². The van der Waals surface area contributed by atoms with Crippen molar-refractivity contribution >= 4 is 28.7 Å². The second-order valence-corrected chi connectivity index (χ2v) is 5.23. The van der Waals surface area contributed by atoms with Crippen LogP contribution in [-0.4, -0.2) is 18.2 Å². The topological polar surface area (TPSA) is 37.4 Å². The third-order valence-electron chi connectivity index (χ3n) is 3.20. The fraction of sp³-hybridized carbons (Fsp3) is 0.143. The van der Waals surface area contributed by atoms with Crippen LogP contribution < -0.4 is 4.90 Å². The lowest BCUT2D eigenvalue weighted by Crippen LogP contribution is -2.31. The van der Waals surface area contributed by atoms with Gasteiger partial charge in [-0.15, -0.1) is 0 Å². The van der Waals surface area contributed by atoms with Gasteiger partial charge in [-0.25, -0.2) is 8.78 Å². The van der Waals surface area contributed by atoms with Crippen LogP contribution in [0.1, 0.15) is 15.9 Å². The van der Waals surface area contributed by atoms with Gasteiger partial charge in [0, 0.05) is 12.6 Å². The quantitative estimate of drug-likeness (QED) is 0.816. The van der Waals surface area contributed by atoms with Crippen LogP contribution in [0.15, 0.2) is 29.0 Å². The van der Waals surface area contributed by atoms with E-state index in [2.05, 4.69) is 0 Å². The Morgan fingerprint density at radius 2 is 2.00 bits per heavy atom. The second kappa shape index (κ2) is 4.79. The van der Waals surface area contributed by atoms with E-state index in [0.717, 1.165) is 16.5 Å². The summed E-state index contributed by atoms with van der Waals surface area (Å²) in [4.78, 5) is 24.8. The molecular weight excluding hydrogens is 284 g/mol. The number of carbonyl (C=O) groups excluding carboxylic acids is 2. The average Bonchev–Trinajstić information content (AvgIpc) is 2.97. The van der Waals surface area contributed by atoms with Crippen LogP contribution in [0.5, 0.6) is 0 Å². The zero-order valence-corrected chi connectivity index (χ0v) is 11.0. The summed E-state index contributed by atoms with van der Waals surface area (Å²) >= 11 is 1.52. The summed E-state index contributed by atoms with van der Waals surface area (Å²) in [7, 11) is 0. The molecular formula is C14H9F2NO2S. The second-order valence-electron chi connectivity index (χ2n) is 4.45. The molecule has 0 saturated heterocycles. The Labute approximate surface area is 117 Å². The Kier molecular flexibility index (Phi) is 3.10. The van der Waals surface area contributed by atoms with Crippen molar-refractivity contribution in [2.45, 2.75) is 6.42 Å². The van der Waals surface area contributed by atoms with E-state index in [1.54, 1.807) is 0 Å². The van der Waals surface area contributed by atoms with Gasteiger partial charge in [-0.3, -0.25) is 9.59 Å². The Hall–Kier alpha value is -2.08. The van der Waals surface area contributed by atoms with Gasteiger partial charge < -0.3 is 4.90 Å². The van der Waals surface area contributed by atoms with Gasteiger partial charge in [-0.2, -0.15) is 11.3 Å². The maximum absolute atomic E-state index is 13.6. The highest BCUT2D eigenvalue weighted by Gasteiger charge is 2.38. The van der Waals surface area contributed by atoms with E-state index >= 15 is 0 Å². The molecule has 3 nitrogen and oxygen atoms in total. The van der Waals surface area contributed by atoms with E-state index in [1.165, 1.54) is 11.3 Å². The first-order chi connectivity index (χ1) is 9.58. The van der Waals surface area contributed by atoms with Gasteiger partial charge in [-0.1, -0.05) is 0 Å². The van der Waals surface area contributed by atoms with Crippen molar-refractivity contribution < 1.29 is 18.4 Å². The molecule has 0 spiro atoms. The fourth-order valence-corrected chi connectivity index (χ4v) is 2.94. The highest BCUT2D eigenvalue weighted by atomic mass is 32.1. The minimum absolute atomic E-state index is 0.0210. The molecule has 1 amide bonds. The molecule has 1 aliphatic rings. The van der Waals surface area contributed by atoms with Crippen LogP contribution in [0.3, 0.4) is 0 Å². The number of thiophene rings is 1. The van der Waals surface area contributed by atoms with Gasteiger partial charge >= 0.3 is 0 Å². The Morgan fingerprint density at radius 3 is 2.70 bits per heavy atom. The van der Waals surface area contributed by atoms with Crippen molar-refractivity contribution in [2.75, 3.05) is 11.4 Å². The number of hydrogen-bond acceptors (Lipinski definition) is 3. The van der Waals surface area contributed by atoms with Gasteiger partial charge in [-0.05, 0) is 34.9 Å². The van der Waals surface area contributed by atoms with Crippen LogP contribution in [-0.2, 0) is 11.2 Å². The number of benzene rings is 1. The third-order valence-corrected chi connectivity index (χ3v) is 3.93. The van der Waals surface area contributed by atoms with Crippen molar-refractivity contribution in [1.82, 2.24) is 0 Å². The minimum Gasteiger partial charge on any atom is -0.304 e. The van der Waals surface area contributed by atoms with Gasteiger partial charge in [0.05, 0.1) is 11.3 Å². The molecule has 6 heteroatoms. The number of amides is 1. The summed E-state index contributed by atoms with van der Waals surface area (Å²) < 4.78 is 26.9. The fourth-order valence-electron chi connectivity index (χ4n) is 2.23. The predicted molar refractivity (Wildman–Crippen MR) is 71.1 cm³/mol. The van der Waals surface area contributed by atoms with Crippen molar-refractivity contribution in [3.05, 3.63) is 51.7 Å². The molecule has 20 heavy (non-hydrogen) atoms. The maximum Gasteiger partial charge on any atom is 0.299 e. The molecule has 3 rings (SSSR count). The largest absolute Gasteiger partial charge is 0.304 e. The zero-order valence-electron chi connectivity index (χ0n) is 10.2. The maximum atomic E-state index is 13.6. The molecule has 0 saturated carbocycles. The lowest BCUT2D eigenvalue weighted by Gasteiger charge is -2.16. The number of Topliss-reactive ketones (excluding diaryl/α,β-unsaturated/α-hetero) is 1. The van der Waals surface area contributed by atoms with E-state index in [1.807, 2.05) is 16.8 Å². The van der Waals surface area contributed by atoms with Crippen molar-refractivity contribution in [3.63, 3.8) is 0 Å². The van der Waals surface area contributed by atoms with Crippen molar-refractivity contribution in [2.24, 2.45) is 0 Å². The molecule has 0 radical (unpaired) electrons. The van der Waals surface area contributed by atoms with Gasteiger partial charge in [0.25, 0.3) is 11.7 Å². The minimum atomic E-state index is -0.989. The third kappa shape index (κ3) is 2.02. The number of anilines is 1. The summed E-state index contributed by atoms with van der Waals surface area (Å²) in [6.45, 7) is 0.219. The number of fused-ring (bicyclic) bond motifs is 1. The summed E-state index contributed by atoms with van der Waals surface area (Å²) in [5, 5.41) is 3.83. The first-order valence-corrected chi connectivity index (χ1v) is 6.88. The number of nitrogens with zero attached hydrogens (tertiary/aromatic N) is 1. The smallest absolute Gasteiger partial charge is 0.299 e.